The Bertz CT molecular complexity index is 1390. The second kappa shape index (κ2) is 9.18. The number of nitro groups is 1. The molecule has 4 aromatic rings. The van der Waals surface area contributed by atoms with E-state index >= 15 is 0 Å². The number of aromatic nitrogens is 2. The molecule has 0 aliphatic rings. The molecular weight excluding hydrogens is 424 g/mol. The van der Waals surface area contributed by atoms with Gasteiger partial charge in [0.15, 0.2) is 0 Å². The van der Waals surface area contributed by atoms with Crippen molar-refractivity contribution in [1.82, 2.24) is 9.38 Å². The first-order valence-corrected chi connectivity index (χ1v) is 10.0. The van der Waals surface area contributed by atoms with Crippen LogP contribution < -0.4 is 21.5 Å². The fourth-order valence-corrected chi connectivity index (χ4v) is 3.48. The number of nitrogens with one attached hydrogen (secondary N) is 1. The lowest BCUT2D eigenvalue weighted by Gasteiger charge is -2.24. The number of hydrogen-bond acceptors (Lipinski definition) is 7. The van der Waals surface area contributed by atoms with Crippen LogP contribution in [-0.4, -0.2) is 26.8 Å². The molecule has 0 spiro atoms. The molecule has 0 aliphatic carbocycles. The molecule has 0 atom stereocenters. The smallest absolute Gasteiger partial charge is 0.368 e. The number of carbonyl (C=O) groups is 1. The third-order valence-electron chi connectivity index (χ3n) is 4.93. The molecular formula is C23H20N6O4. The number of anilines is 3. The zero-order valence-corrected chi connectivity index (χ0v) is 17.4. The summed E-state index contributed by atoms with van der Waals surface area (Å²) in [5.74, 6) is -0.665. The lowest BCUT2D eigenvalue weighted by molar-refractivity contribution is -0.385. The first-order valence-electron chi connectivity index (χ1n) is 10.0. The molecule has 2 aromatic carbocycles. The van der Waals surface area contributed by atoms with E-state index in [0.717, 1.165) is 9.96 Å². The van der Waals surface area contributed by atoms with Gasteiger partial charge >= 0.3 is 11.2 Å². The minimum absolute atomic E-state index is 0.0198. The van der Waals surface area contributed by atoms with Crippen LogP contribution in [0.2, 0.25) is 0 Å². The van der Waals surface area contributed by atoms with Gasteiger partial charge in [-0.15, -0.1) is 0 Å². The molecule has 2 aromatic heterocycles. The van der Waals surface area contributed by atoms with Crippen molar-refractivity contribution < 1.29 is 9.72 Å². The van der Waals surface area contributed by atoms with Gasteiger partial charge in [-0.05, 0) is 35.9 Å². The molecule has 0 fully saturated rings. The second-order valence-electron chi connectivity index (χ2n) is 7.28. The summed E-state index contributed by atoms with van der Waals surface area (Å²) < 4.78 is 1.12. The summed E-state index contributed by atoms with van der Waals surface area (Å²) in [6, 6.07) is 21.4. The van der Waals surface area contributed by atoms with Gasteiger partial charge in [0.1, 0.15) is 5.65 Å². The highest BCUT2D eigenvalue weighted by Crippen LogP contribution is 2.26. The third kappa shape index (κ3) is 4.79. The van der Waals surface area contributed by atoms with Crippen LogP contribution in [0.4, 0.5) is 22.9 Å². The van der Waals surface area contributed by atoms with Gasteiger partial charge in [-0.1, -0.05) is 42.5 Å². The zero-order valence-electron chi connectivity index (χ0n) is 17.4. The fraction of sp³-hybridized carbons (Fsp3) is 0.0870. The molecule has 0 saturated heterocycles. The van der Waals surface area contributed by atoms with E-state index in [4.69, 9.17) is 5.73 Å². The Kier molecular flexibility index (Phi) is 5.98. The number of fused-ring (bicyclic) bond motifs is 1. The Balaban J connectivity index is 1.71. The zero-order chi connectivity index (χ0) is 23.4. The maximum atomic E-state index is 12.7. The number of nitrogens with two attached hydrogens (primary N) is 1. The highest BCUT2D eigenvalue weighted by atomic mass is 16.6. The van der Waals surface area contributed by atoms with Gasteiger partial charge in [-0.3, -0.25) is 24.1 Å². The third-order valence-corrected chi connectivity index (χ3v) is 4.93. The van der Waals surface area contributed by atoms with Crippen molar-refractivity contribution in [3.8, 4) is 0 Å². The van der Waals surface area contributed by atoms with Crippen LogP contribution in [0.25, 0.3) is 5.65 Å². The van der Waals surface area contributed by atoms with Crippen LogP contribution in [0.5, 0.6) is 0 Å². The van der Waals surface area contributed by atoms with Crippen LogP contribution in [0.1, 0.15) is 5.56 Å². The van der Waals surface area contributed by atoms with E-state index in [2.05, 4.69) is 10.3 Å². The summed E-state index contributed by atoms with van der Waals surface area (Å²) in [6.07, 6.45) is 1.42. The van der Waals surface area contributed by atoms with Gasteiger partial charge < -0.3 is 16.0 Å². The molecule has 0 aliphatic heterocycles. The molecule has 2 heterocycles. The van der Waals surface area contributed by atoms with Gasteiger partial charge in [0.05, 0.1) is 11.5 Å². The molecule has 0 unspecified atom stereocenters. The van der Waals surface area contributed by atoms with Crippen molar-refractivity contribution in [3.63, 3.8) is 0 Å². The minimum atomic E-state index is -0.788. The van der Waals surface area contributed by atoms with Gasteiger partial charge in [-0.2, -0.15) is 0 Å². The van der Waals surface area contributed by atoms with Crippen molar-refractivity contribution in [2.75, 3.05) is 16.8 Å². The lowest BCUT2D eigenvalue weighted by atomic mass is 10.2. The van der Waals surface area contributed by atoms with E-state index in [0.29, 0.717) is 17.9 Å². The Labute approximate surface area is 188 Å². The topological polar surface area (TPSA) is 136 Å². The molecule has 0 saturated carbocycles. The van der Waals surface area contributed by atoms with Gasteiger partial charge in [0.2, 0.25) is 11.7 Å². The number of benzene rings is 2. The van der Waals surface area contributed by atoms with Crippen molar-refractivity contribution in [2.24, 2.45) is 5.73 Å². The first-order chi connectivity index (χ1) is 15.9. The first kappa shape index (κ1) is 21.5. The summed E-state index contributed by atoms with van der Waals surface area (Å²) in [5, 5.41) is 14.5. The highest BCUT2D eigenvalue weighted by molar-refractivity contribution is 5.80. The standard InChI is InChI=1S/C23H20N6O4/c24-19(30)15-27(14-16-7-2-1-3-8-16)18-10-6-9-17(13-18)25-22-21(29(32)33)23(31)28-12-5-4-11-20(28)26-22/h1-13,25H,14-15H2,(H2,24,30). The van der Waals surface area contributed by atoms with Crippen molar-refractivity contribution in [1.29, 1.82) is 0 Å². The number of hydrogen-bond donors (Lipinski definition) is 2. The number of carbonyl (C=O) groups excluding carboxylic acids is 1. The highest BCUT2D eigenvalue weighted by Gasteiger charge is 2.24. The summed E-state index contributed by atoms with van der Waals surface area (Å²) in [6.45, 7) is 0.414. The molecule has 0 bridgehead atoms. The Morgan fingerprint density at radius 2 is 1.85 bits per heavy atom. The van der Waals surface area contributed by atoms with E-state index in [1.165, 1.54) is 6.20 Å². The monoisotopic (exact) mass is 444 g/mol. The normalized spacial score (nSPS) is 10.7. The maximum Gasteiger partial charge on any atom is 0.376 e. The Morgan fingerprint density at radius 1 is 1.09 bits per heavy atom. The number of primary amides is 1. The molecule has 10 heteroatoms. The van der Waals surface area contributed by atoms with Crippen molar-refractivity contribution >= 4 is 34.4 Å². The predicted molar refractivity (Wildman–Crippen MR) is 125 cm³/mol. The molecule has 10 nitrogen and oxygen atoms in total. The van der Waals surface area contributed by atoms with Crippen LogP contribution in [0, 0.1) is 10.1 Å². The van der Waals surface area contributed by atoms with Gasteiger partial charge in [0, 0.05) is 24.1 Å². The van der Waals surface area contributed by atoms with E-state index < -0.39 is 22.1 Å². The average Bonchev–Trinajstić information content (AvgIpc) is 2.79. The molecule has 166 valence electrons. The van der Waals surface area contributed by atoms with Crippen molar-refractivity contribution in [3.05, 3.63) is 105 Å². The summed E-state index contributed by atoms with van der Waals surface area (Å²) in [4.78, 5) is 41.3. The van der Waals surface area contributed by atoms with Gasteiger partial charge in [0.25, 0.3) is 0 Å². The summed E-state index contributed by atoms with van der Waals surface area (Å²) >= 11 is 0. The van der Waals surface area contributed by atoms with Crippen molar-refractivity contribution in [2.45, 2.75) is 6.54 Å². The quantitative estimate of drug-likeness (QED) is 0.315. The van der Waals surface area contributed by atoms with Crippen LogP contribution >= 0.6 is 0 Å². The van der Waals surface area contributed by atoms with E-state index in [1.54, 1.807) is 47.4 Å². The number of nitrogens with zero attached hydrogens (tertiary/aromatic N) is 4. The molecule has 0 radical (unpaired) electrons. The largest absolute Gasteiger partial charge is 0.376 e. The summed E-state index contributed by atoms with van der Waals surface area (Å²) in [7, 11) is 0. The summed E-state index contributed by atoms with van der Waals surface area (Å²) in [5.41, 5.74) is 6.38. The van der Waals surface area contributed by atoms with E-state index in [-0.39, 0.29) is 18.0 Å². The number of pyridine rings is 1. The number of rotatable bonds is 8. The number of amides is 1. The van der Waals surface area contributed by atoms with E-state index in [9.17, 15) is 19.7 Å². The molecule has 33 heavy (non-hydrogen) atoms. The van der Waals surface area contributed by atoms with Gasteiger partial charge in [-0.25, -0.2) is 4.98 Å². The lowest BCUT2D eigenvalue weighted by Crippen LogP contribution is -2.33. The van der Waals surface area contributed by atoms with Crippen LogP contribution in [-0.2, 0) is 11.3 Å². The predicted octanol–water partition coefficient (Wildman–Crippen LogP) is 2.84. The Hall–Kier alpha value is -4.73. The maximum absolute atomic E-state index is 12.7. The van der Waals surface area contributed by atoms with Crippen LogP contribution in [0.3, 0.4) is 0 Å². The average molecular weight is 444 g/mol. The Morgan fingerprint density at radius 3 is 2.58 bits per heavy atom. The second-order valence-corrected chi connectivity index (χ2v) is 7.28. The van der Waals surface area contributed by atoms with E-state index in [1.807, 2.05) is 30.3 Å². The van der Waals surface area contributed by atoms with Crippen LogP contribution in [0.15, 0.2) is 83.8 Å². The molecule has 4 rings (SSSR count). The SMILES string of the molecule is NC(=O)CN(Cc1ccccc1)c1cccc(Nc2nc3ccccn3c(=O)c2[N+](=O)[O-])c1. The molecule has 1 amide bonds. The fourth-order valence-electron chi connectivity index (χ4n) is 3.48. The molecule has 3 N–H and O–H groups in total. The minimum Gasteiger partial charge on any atom is -0.368 e.